The Balaban J connectivity index is 0.00000156. The van der Waals surface area contributed by atoms with Gasteiger partial charge in [-0.25, -0.2) is 0 Å². The summed E-state index contributed by atoms with van der Waals surface area (Å²) in [6, 6.07) is 8.12. The average Bonchev–Trinajstić information content (AvgIpc) is 2.76. The minimum absolute atomic E-state index is 0. The smallest absolute Gasteiger partial charge is 0.238 e. The number of phenolic OH excluding ortho intramolecular Hbond substituents is 1. The molecular formula is C24H28O6Rh. The van der Waals surface area contributed by atoms with E-state index in [-0.39, 0.29) is 42.0 Å². The topological polar surface area (TPSA) is 89.1 Å². The molecule has 0 bridgehead atoms. The molecule has 1 heterocycles. The molecule has 0 saturated carbocycles. The first-order valence-electron chi connectivity index (χ1n) is 9.73. The first kappa shape index (κ1) is 26.2. The fraction of sp³-hybridized carbons (Fsp3) is 0.292. The maximum Gasteiger partial charge on any atom is 0.238 e. The average molecular weight is 515 g/mol. The van der Waals surface area contributed by atoms with Crippen LogP contribution in [0.4, 0.5) is 0 Å². The SMILES string of the molecule is CC.COc1ccc(-c2oc3c(CC=C(C)C)c(OC)cc(O)c3c(=O)c2O)cc1.[Rh]. The van der Waals surface area contributed by atoms with Crippen LogP contribution < -0.4 is 14.9 Å². The van der Waals surface area contributed by atoms with Crippen molar-refractivity contribution >= 4 is 11.0 Å². The van der Waals surface area contributed by atoms with E-state index in [1.165, 1.54) is 13.2 Å². The van der Waals surface area contributed by atoms with E-state index in [2.05, 4.69) is 0 Å². The van der Waals surface area contributed by atoms with Gasteiger partial charge >= 0.3 is 0 Å². The molecule has 169 valence electrons. The van der Waals surface area contributed by atoms with Crippen LogP contribution in [-0.4, -0.2) is 24.4 Å². The van der Waals surface area contributed by atoms with Crippen LogP contribution in [0.2, 0.25) is 0 Å². The fourth-order valence-electron chi connectivity index (χ4n) is 2.99. The molecule has 0 aliphatic rings. The number of methoxy groups -OCH3 is 2. The van der Waals surface area contributed by atoms with Crippen LogP contribution in [0.1, 0.15) is 33.3 Å². The van der Waals surface area contributed by atoms with E-state index in [0.29, 0.717) is 29.0 Å². The summed E-state index contributed by atoms with van der Waals surface area (Å²) in [5, 5.41) is 20.7. The van der Waals surface area contributed by atoms with Gasteiger partial charge in [-0.1, -0.05) is 25.5 Å². The summed E-state index contributed by atoms with van der Waals surface area (Å²) in [4.78, 5) is 12.8. The molecule has 2 N–H and O–H groups in total. The van der Waals surface area contributed by atoms with Gasteiger partial charge in [-0.15, -0.1) is 0 Å². The van der Waals surface area contributed by atoms with Crippen molar-refractivity contribution in [3.05, 3.63) is 57.8 Å². The van der Waals surface area contributed by atoms with Gasteiger partial charge in [-0.3, -0.25) is 4.79 Å². The fourth-order valence-corrected chi connectivity index (χ4v) is 2.99. The molecule has 1 aromatic heterocycles. The van der Waals surface area contributed by atoms with Crippen LogP contribution >= 0.6 is 0 Å². The first-order chi connectivity index (χ1) is 14.4. The number of aromatic hydroxyl groups is 2. The molecule has 7 heteroatoms. The van der Waals surface area contributed by atoms with Gasteiger partial charge in [0, 0.05) is 36.7 Å². The number of ether oxygens (including phenoxy) is 2. The Morgan fingerprint density at radius 1 is 1.06 bits per heavy atom. The van der Waals surface area contributed by atoms with Gasteiger partial charge in [0.2, 0.25) is 11.2 Å². The largest absolute Gasteiger partial charge is 0.507 e. The van der Waals surface area contributed by atoms with Gasteiger partial charge in [0.05, 0.1) is 14.2 Å². The van der Waals surface area contributed by atoms with Crippen molar-refractivity contribution in [2.24, 2.45) is 0 Å². The molecule has 0 fully saturated rings. The van der Waals surface area contributed by atoms with Gasteiger partial charge in [-0.05, 0) is 44.5 Å². The number of rotatable bonds is 5. The Bertz CT molecular complexity index is 1110. The predicted octanol–water partition coefficient (Wildman–Crippen LogP) is 5.42. The van der Waals surface area contributed by atoms with Crippen molar-refractivity contribution in [2.75, 3.05) is 14.2 Å². The summed E-state index contributed by atoms with van der Waals surface area (Å²) in [5.41, 5.74) is 1.68. The van der Waals surface area contributed by atoms with Crippen molar-refractivity contribution in [1.82, 2.24) is 0 Å². The minimum atomic E-state index is -0.703. The van der Waals surface area contributed by atoms with Gasteiger partial charge in [0.1, 0.15) is 28.2 Å². The molecule has 2 aromatic carbocycles. The maximum absolute atomic E-state index is 12.8. The summed E-state index contributed by atoms with van der Waals surface area (Å²) in [5.74, 6) is 0.183. The second-order valence-electron chi connectivity index (χ2n) is 6.60. The molecule has 3 rings (SSSR count). The summed E-state index contributed by atoms with van der Waals surface area (Å²) in [6.07, 6.45) is 2.41. The Hall–Kier alpha value is -2.79. The Morgan fingerprint density at radius 3 is 2.19 bits per heavy atom. The number of phenols is 1. The zero-order valence-electron chi connectivity index (χ0n) is 18.5. The predicted molar refractivity (Wildman–Crippen MR) is 119 cm³/mol. The summed E-state index contributed by atoms with van der Waals surface area (Å²) < 4.78 is 16.5. The van der Waals surface area contributed by atoms with E-state index in [9.17, 15) is 15.0 Å². The third kappa shape index (κ3) is 5.47. The molecule has 0 spiro atoms. The van der Waals surface area contributed by atoms with Gasteiger partial charge in [0.15, 0.2) is 5.76 Å². The van der Waals surface area contributed by atoms with Crippen molar-refractivity contribution < 1.29 is 43.6 Å². The molecule has 31 heavy (non-hydrogen) atoms. The Kier molecular flexibility index (Phi) is 9.79. The molecule has 0 saturated heterocycles. The maximum atomic E-state index is 12.8. The molecule has 0 aliphatic heterocycles. The molecule has 0 aliphatic carbocycles. The molecule has 6 nitrogen and oxygen atoms in total. The summed E-state index contributed by atoms with van der Waals surface area (Å²) in [7, 11) is 3.03. The van der Waals surface area contributed by atoms with Crippen LogP contribution in [-0.2, 0) is 25.9 Å². The normalized spacial score (nSPS) is 9.87. The van der Waals surface area contributed by atoms with Crippen LogP contribution in [0.15, 0.2) is 51.2 Å². The number of hydrogen-bond acceptors (Lipinski definition) is 6. The molecule has 3 aromatic rings. The van der Waals surface area contributed by atoms with Crippen LogP contribution in [0.3, 0.4) is 0 Å². The molecular weight excluding hydrogens is 487 g/mol. The van der Waals surface area contributed by atoms with Gasteiger partial charge in [-0.2, -0.15) is 0 Å². The summed E-state index contributed by atoms with van der Waals surface area (Å²) in [6.45, 7) is 7.92. The van der Waals surface area contributed by atoms with E-state index in [4.69, 9.17) is 13.9 Å². The van der Waals surface area contributed by atoms with E-state index < -0.39 is 11.2 Å². The van der Waals surface area contributed by atoms with Crippen molar-refractivity contribution in [2.45, 2.75) is 34.1 Å². The first-order valence-corrected chi connectivity index (χ1v) is 9.73. The quantitative estimate of drug-likeness (QED) is 0.349. The van der Waals surface area contributed by atoms with Gasteiger partial charge < -0.3 is 24.1 Å². The van der Waals surface area contributed by atoms with Crippen molar-refractivity contribution in [3.8, 4) is 34.3 Å². The number of allylic oxidation sites excluding steroid dienone is 2. The van der Waals surface area contributed by atoms with E-state index >= 15 is 0 Å². The standard InChI is InChI=1S/C22H22O6.C2H6.Rh/c1-12(2)5-10-15-17(27-4)11-16(23)18-19(24)20(25)21(28-22(15)18)13-6-8-14(26-3)9-7-13;1-2;/h5-9,11,23,25H,10H2,1-4H3;1-2H3;. The van der Waals surface area contributed by atoms with E-state index in [1.54, 1.807) is 31.4 Å². The zero-order valence-corrected chi connectivity index (χ0v) is 20.2. The zero-order chi connectivity index (χ0) is 22.4. The number of benzene rings is 2. The molecule has 0 unspecified atom stereocenters. The van der Waals surface area contributed by atoms with E-state index in [0.717, 1.165) is 5.57 Å². The monoisotopic (exact) mass is 515 g/mol. The van der Waals surface area contributed by atoms with E-state index in [1.807, 2.05) is 33.8 Å². The number of hydrogen-bond donors (Lipinski definition) is 2. The second-order valence-corrected chi connectivity index (χ2v) is 6.60. The van der Waals surface area contributed by atoms with Crippen LogP contribution in [0.25, 0.3) is 22.3 Å². The molecule has 1 radical (unpaired) electrons. The number of fused-ring (bicyclic) bond motifs is 1. The Morgan fingerprint density at radius 2 is 1.68 bits per heavy atom. The van der Waals surface area contributed by atoms with Crippen LogP contribution in [0.5, 0.6) is 23.0 Å². The van der Waals surface area contributed by atoms with Crippen molar-refractivity contribution in [1.29, 1.82) is 0 Å². The minimum Gasteiger partial charge on any atom is -0.507 e. The molecule has 0 atom stereocenters. The second kappa shape index (κ2) is 11.6. The summed E-state index contributed by atoms with van der Waals surface area (Å²) >= 11 is 0. The van der Waals surface area contributed by atoms with Crippen molar-refractivity contribution in [3.63, 3.8) is 0 Å². The third-order valence-corrected chi connectivity index (χ3v) is 4.47. The van der Waals surface area contributed by atoms with Crippen LogP contribution in [0, 0.1) is 0 Å². The Labute approximate surface area is 194 Å². The third-order valence-electron chi connectivity index (χ3n) is 4.47. The van der Waals surface area contributed by atoms with Gasteiger partial charge in [0.25, 0.3) is 0 Å². The molecule has 0 amide bonds.